The van der Waals surface area contributed by atoms with Crippen molar-refractivity contribution in [1.82, 2.24) is 5.32 Å². The van der Waals surface area contributed by atoms with E-state index in [4.69, 9.17) is 9.47 Å². The highest BCUT2D eigenvalue weighted by molar-refractivity contribution is 5.72. The van der Waals surface area contributed by atoms with Crippen LogP contribution in [0.15, 0.2) is 48.5 Å². The Morgan fingerprint density at radius 2 is 1.85 bits per heavy atom. The lowest BCUT2D eigenvalue weighted by atomic mass is 10.1. The lowest BCUT2D eigenvalue weighted by Gasteiger charge is -2.10. The number of halogens is 1. The smallest absolute Gasteiger partial charge is 0.407 e. The molecule has 0 atom stereocenters. The molecule has 1 amide bonds. The molecule has 1 N–H and O–H groups in total. The summed E-state index contributed by atoms with van der Waals surface area (Å²) in [5.74, 6) is -0.993. The number of esters is 1. The van der Waals surface area contributed by atoms with Gasteiger partial charge in [0.25, 0.3) is 0 Å². The summed E-state index contributed by atoms with van der Waals surface area (Å²) < 4.78 is 28.8. The highest BCUT2D eigenvalue weighted by Crippen LogP contribution is 2.18. The predicted molar refractivity (Wildman–Crippen MR) is 92.2 cm³/mol. The predicted octanol–water partition coefficient (Wildman–Crippen LogP) is 2.85. The summed E-state index contributed by atoms with van der Waals surface area (Å²) in [5.41, 5.74) is 1.37. The third kappa shape index (κ3) is 6.43. The first-order chi connectivity index (χ1) is 12.6. The molecule has 0 aliphatic rings. The van der Waals surface area contributed by atoms with Gasteiger partial charge in [0.1, 0.15) is 13.2 Å². The topological polar surface area (TPSA) is 73.9 Å². The monoisotopic (exact) mass is 361 g/mol. The van der Waals surface area contributed by atoms with E-state index in [0.29, 0.717) is 5.56 Å². The zero-order chi connectivity index (χ0) is 18.8. The van der Waals surface area contributed by atoms with Crippen molar-refractivity contribution in [2.75, 3.05) is 20.3 Å². The summed E-state index contributed by atoms with van der Waals surface area (Å²) in [5, 5.41) is 2.52. The summed E-state index contributed by atoms with van der Waals surface area (Å²) in [6, 6.07) is 13.5. The summed E-state index contributed by atoms with van der Waals surface area (Å²) in [6.07, 6.45) is -0.589. The van der Waals surface area contributed by atoms with E-state index in [9.17, 15) is 14.0 Å². The molecule has 2 rings (SSSR count). The first kappa shape index (κ1) is 19.2. The van der Waals surface area contributed by atoms with Crippen molar-refractivity contribution in [1.29, 1.82) is 0 Å². The number of carbonyl (C=O) groups is 2. The Morgan fingerprint density at radius 3 is 2.54 bits per heavy atom. The second-order valence-corrected chi connectivity index (χ2v) is 5.35. The quantitative estimate of drug-likeness (QED) is 0.578. The van der Waals surface area contributed by atoms with Crippen LogP contribution in [-0.2, 0) is 27.3 Å². The number of ether oxygens (including phenoxy) is 3. The van der Waals surface area contributed by atoms with Gasteiger partial charge in [-0.3, -0.25) is 4.79 Å². The minimum Gasteiger partial charge on any atom is -0.489 e. The molecule has 26 heavy (non-hydrogen) atoms. The average Bonchev–Trinajstić information content (AvgIpc) is 2.65. The molecule has 0 fully saturated rings. The summed E-state index contributed by atoms with van der Waals surface area (Å²) >= 11 is 0. The molecular weight excluding hydrogens is 341 g/mol. The van der Waals surface area contributed by atoms with Gasteiger partial charge in [-0.05, 0) is 23.3 Å². The van der Waals surface area contributed by atoms with Gasteiger partial charge in [-0.1, -0.05) is 36.4 Å². The van der Waals surface area contributed by atoms with Crippen molar-refractivity contribution in [3.8, 4) is 5.75 Å². The highest BCUT2D eigenvalue weighted by atomic mass is 19.1. The maximum Gasteiger partial charge on any atom is 0.407 e. The molecule has 0 radical (unpaired) electrons. The van der Waals surface area contributed by atoms with E-state index >= 15 is 0 Å². The van der Waals surface area contributed by atoms with Crippen molar-refractivity contribution in [3.63, 3.8) is 0 Å². The van der Waals surface area contributed by atoms with Gasteiger partial charge in [0.2, 0.25) is 0 Å². The number of alkyl carbamates (subject to hydrolysis) is 1. The van der Waals surface area contributed by atoms with Crippen LogP contribution >= 0.6 is 0 Å². The van der Waals surface area contributed by atoms with Crippen molar-refractivity contribution in [2.24, 2.45) is 0 Å². The third-order valence-corrected chi connectivity index (χ3v) is 3.41. The van der Waals surface area contributed by atoms with Gasteiger partial charge in [0.15, 0.2) is 11.6 Å². The fourth-order valence-corrected chi connectivity index (χ4v) is 2.10. The van der Waals surface area contributed by atoms with Crippen LogP contribution in [-0.4, -0.2) is 32.3 Å². The molecule has 2 aromatic rings. The van der Waals surface area contributed by atoms with Gasteiger partial charge >= 0.3 is 12.1 Å². The summed E-state index contributed by atoms with van der Waals surface area (Å²) in [4.78, 5) is 22.7. The number of nitrogens with one attached hydrogen (secondary N) is 1. The van der Waals surface area contributed by atoms with E-state index in [0.717, 1.165) is 5.56 Å². The van der Waals surface area contributed by atoms with Crippen molar-refractivity contribution in [3.05, 3.63) is 65.5 Å². The van der Waals surface area contributed by atoms with Gasteiger partial charge in [-0.25, -0.2) is 9.18 Å². The van der Waals surface area contributed by atoms with E-state index in [1.54, 1.807) is 6.07 Å². The normalized spacial score (nSPS) is 10.1. The number of rotatable bonds is 8. The first-order valence-electron chi connectivity index (χ1n) is 8.01. The Kier molecular flexibility index (Phi) is 7.42. The molecule has 0 unspecified atom stereocenters. The van der Waals surface area contributed by atoms with Gasteiger partial charge in [-0.15, -0.1) is 0 Å². The third-order valence-electron chi connectivity index (χ3n) is 3.41. The van der Waals surface area contributed by atoms with Crippen LogP contribution in [0, 0.1) is 5.82 Å². The van der Waals surface area contributed by atoms with E-state index in [2.05, 4.69) is 10.1 Å². The standard InChI is InChI=1S/C19H20FNO5/c1-24-18(22)12-15-7-8-17(16(20)11-15)25-10-9-21-19(23)26-13-14-5-3-2-4-6-14/h2-8,11H,9-10,12-13H2,1H3,(H,21,23). The Labute approximate surface area is 150 Å². The minimum absolute atomic E-state index is 0.0114. The molecule has 0 aliphatic carbocycles. The molecule has 138 valence electrons. The zero-order valence-electron chi connectivity index (χ0n) is 14.4. The second kappa shape index (κ2) is 10.0. The number of amides is 1. The molecule has 0 saturated heterocycles. The molecule has 2 aromatic carbocycles. The van der Waals surface area contributed by atoms with Crippen LogP contribution in [0.25, 0.3) is 0 Å². The maximum absolute atomic E-state index is 13.9. The first-order valence-corrected chi connectivity index (χ1v) is 8.01. The molecule has 0 spiro atoms. The molecule has 0 aliphatic heterocycles. The van der Waals surface area contributed by atoms with Crippen molar-refractivity contribution in [2.45, 2.75) is 13.0 Å². The lowest BCUT2D eigenvalue weighted by molar-refractivity contribution is -0.139. The Bertz CT molecular complexity index is 736. The van der Waals surface area contributed by atoms with Gasteiger partial charge < -0.3 is 19.5 Å². The number of methoxy groups -OCH3 is 1. The Hall–Kier alpha value is -3.09. The molecule has 6 nitrogen and oxygen atoms in total. The maximum atomic E-state index is 13.9. The number of hydrogen-bond donors (Lipinski definition) is 1. The lowest BCUT2D eigenvalue weighted by Crippen LogP contribution is -2.28. The molecule has 7 heteroatoms. The highest BCUT2D eigenvalue weighted by Gasteiger charge is 2.09. The fraction of sp³-hybridized carbons (Fsp3) is 0.263. The van der Waals surface area contributed by atoms with Crippen molar-refractivity contribution >= 4 is 12.1 Å². The molecule has 0 bridgehead atoms. The molecule has 0 heterocycles. The number of carbonyl (C=O) groups excluding carboxylic acids is 2. The van der Waals surface area contributed by atoms with E-state index in [-0.39, 0.29) is 31.9 Å². The summed E-state index contributed by atoms with van der Waals surface area (Å²) in [7, 11) is 1.27. The van der Waals surface area contributed by atoms with Crippen LogP contribution in [0.3, 0.4) is 0 Å². The molecular formula is C19H20FNO5. The van der Waals surface area contributed by atoms with E-state index < -0.39 is 17.9 Å². The molecule has 0 aromatic heterocycles. The van der Waals surface area contributed by atoms with Crippen LogP contribution in [0.2, 0.25) is 0 Å². The van der Waals surface area contributed by atoms with Crippen LogP contribution in [0.1, 0.15) is 11.1 Å². The van der Waals surface area contributed by atoms with Crippen molar-refractivity contribution < 1.29 is 28.2 Å². The van der Waals surface area contributed by atoms with E-state index in [1.165, 1.54) is 19.2 Å². The van der Waals surface area contributed by atoms with Gasteiger partial charge in [-0.2, -0.15) is 0 Å². The zero-order valence-corrected chi connectivity index (χ0v) is 14.4. The fourth-order valence-electron chi connectivity index (χ4n) is 2.10. The Morgan fingerprint density at radius 1 is 1.08 bits per heavy atom. The summed E-state index contributed by atoms with van der Waals surface area (Å²) in [6.45, 7) is 0.411. The molecule has 0 saturated carbocycles. The SMILES string of the molecule is COC(=O)Cc1ccc(OCCNC(=O)OCc2ccccc2)c(F)c1. The van der Waals surface area contributed by atoms with Crippen LogP contribution in [0.5, 0.6) is 5.75 Å². The number of hydrogen-bond acceptors (Lipinski definition) is 5. The second-order valence-electron chi connectivity index (χ2n) is 5.35. The minimum atomic E-state index is -0.585. The largest absolute Gasteiger partial charge is 0.489 e. The van der Waals surface area contributed by atoms with Crippen LogP contribution in [0.4, 0.5) is 9.18 Å². The number of benzene rings is 2. The van der Waals surface area contributed by atoms with Gasteiger partial charge in [0.05, 0.1) is 20.1 Å². The van der Waals surface area contributed by atoms with Gasteiger partial charge in [0, 0.05) is 0 Å². The van der Waals surface area contributed by atoms with E-state index in [1.807, 2.05) is 30.3 Å². The average molecular weight is 361 g/mol. The Balaban J connectivity index is 1.69. The van der Waals surface area contributed by atoms with Crippen LogP contribution < -0.4 is 10.1 Å².